The van der Waals surface area contributed by atoms with Crippen molar-refractivity contribution in [2.24, 2.45) is 4.99 Å². The molecule has 3 rings (SSSR count). The first-order valence-corrected chi connectivity index (χ1v) is 13.0. The van der Waals surface area contributed by atoms with Gasteiger partial charge in [-0.05, 0) is 45.2 Å². The molecule has 0 saturated heterocycles. The maximum atomic E-state index is 15.2. The maximum Gasteiger partial charge on any atom is 0.414 e. The number of hydrogen-bond donors (Lipinski definition) is 2. The molecule has 2 aromatic rings. The lowest BCUT2D eigenvalue weighted by Crippen LogP contribution is -2.60. The van der Waals surface area contributed by atoms with Crippen LogP contribution in [-0.2, 0) is 31.6 Å². The highest BCUT2D eigenvalue weighted by molar-refractivity contribution is 7.90. The number of aliphatic imine (C=N–C) groups is 1. The summed E-state index contributed by atoms with van der Waals surface area (Å²) in [5.74, 6) is -1.03. The summed E-state index contributed by atoms with van der Waals surface area (Å²) in [4.78, 5) is 17.1. The molecule has 0 spiro atoms. The van der Waals surface area contributed by atoms with Crippen molar-refractivity contribution in [3.8, 4) is 0 Å². The molecule has 1 aliphatic rings. The number of ether oxygens (including phenoxy) is 2. The number of nitrogens with zero attached hydrogens (tertiary/aromatic N) is 2. The van der Waals surface area contributed by atoms with Crippen molar-refractivity contribution >= 4 is 22.1 Å². The van der Waals surface area contributed by atoms with E-state index in [0.29, 0.717) is 5.56 Å². The summed E-state index contributed by atoms with van der Waals surface area (Å²) in [5, 5.41) is 12.0. The van der Waals surface area contributed by atoms with Gasteiger partial charge in [-0.25, -0.2) is 26.9 Å². The van der Waals surface area contributed by atoms with Crippen LogP contribution in [0.5, 0.6) is 0 Å². The van der Waals surface area contributed by atoms with Crippen molar-refractivity contribution in [2.75, 3.05) is 13.7 Å². The number of aliphatic hydroxyl groups is 1. The van der Waals surface area contributed by atoms with Crippen molar-refractivity contribution in [2.45, 2.75) is 56.8 Å². The molecule has 0 aromatic heterocycles. The third-order valence-corrected chi connectivity index (χ3v) is 7.56. The van der Waals surface area contributed by atoms with E-state index in [1.54, 1.807) is 51.1 Å². The Balaban J connectivity index is 2.17. The first-order valence-electron chi connectivity index (χ1n) is 11.5. The molecule has 0 saturated carbocycles. The summed E-state index contributed by atoms with van der Waals surface area (Å²) in [6.07, 6.45) is -0.894. The first kappa shape index (κ1) is 27.6. The lowest BCUT2D eigenvalue weighted by molar-refractivity contribution is 0.0263. The van der Waals surface area contributed by atoms with Gasteiger partial charge in [0.2, 0.25) is 11.4 Å². The predicted molar refractivity (Wildman–Crippen MR) is 133 cm³/mol. The Hall–Kier alpha value is -3.02. The van der Waals surface area contributed by atoms with Gasteiger partial charge in [0.25, 0.3) is 10.0 Å². The molecule has 2 atom stereocenters. The second-order valence-electron chi connectivity index (χ2n) is 9.43. The van der Waals surface area contributed by atoms with Crippen LogP contribution in [0.15, 0.2) is 59.6 Å². The van der Waals surface area contributed by atoms with Gasteiger partial charge in [0.1, 0.15) is 17.0 Å². The smallest absolute Gasteiger partial charge is 0.414 e. The lowest BCUT2D eigenvalue weighted by Gasteiger charge is -2.43. The molecule has 1 aliphatic heterocycles. The van der Waals surface area contributed by atoms with E-state index in [9.17, 15) is 18.3 Å². The molecule has 0 radical (unpaired) electrons. The molecule has 36 heavy (non-hydrogen) atoms. The summed E-state index contributed by atoms with van der Waals surface area (Å²) in [6, 6.07) is 14.6. The monoisotopic (exact) mass is 521 g/mol. The number of hydrogen-bond acceptors (Lipinski definition) is 7. The van der Waals surface area contributed by atoms with Crippen LogP contribution in [0.3, 0.4) is 0 Å². The molecular formula is C25H32FN3O6S. The number of carbonyl (C=O) groups is 1. The number of alkyl carbamates (subject to hydrolysis) is 1. The molecular weight excluding hydrogens is 489 g/mol. The SMILES string of the molecule is CN1C(NC(=O)OC(C)(C)C)=N[C@](CCCO)(c2ccccc2F)C(OCc2ccccc2)S1(=O)=O. The van der Waals surface area contributed by atoms with Gasteiger partial charge in [-0.3, -0.25) is 5.32 Å². The summed E-state index contributed by atoms with van der Waals surface area (Å²) < 4.78 is 54.9. The Morgan fingerprint density at radius 2 is 1.81 bits per heavy atom. The maximum absolute atomic E-state index is 15.2. The number of aliphatic hydroxyl groups excluding tert-OH is 1. The molecule has 196 valence electrons. The van der Waals surface area contributed by atoms with Gasteiger partial charge in [0.15, 0.2) is 0 Å². The number of nitrogens with one attached hydrogen (secondary N) is 1. The molecule has 0 aliphatic carbocycles. The van der Waals surface area contributed by atoms with Crippen LogP contribution >= 0.6 is 0 Å². The van der Waals surface area contributed by atoms with Crippen LogP contribution in [-0.4, -0.2) is 54.6 Å². The Morgan fingerprint density at radius 1 is 1.17 bits per heavy atom. The molecule has 0 fully saturated rings. The number of rotatable bonds is 7. The molecule has 0 bridgehead atoms. The summed E-state index contributed by atoms with van der Waals surface area (Å²) in [5.41, 5.74) is -3.63. The standard InChI is InChI=1S/C25H32FN3O6S/c1-24(2,3)35-23(31)27-22-28-25(15-10-16-30,19-13-8-9-14-20(19)26)21(36(32,33)29(22)4)34-17-18-11-6-5-7-12-18/h5-9,11-14,21,30H,10,15-17H2,1-4H3,(H,27,28,31)/t21?,25-/m1/s1. The van der Waals surface area contributed by atoms with Crippen molar-refractivity contribution in [3.63, 3.8) is 0 Å². The van der Waals surface area contributed by atoms with Gasteiger partial charge < -0.3 is 14.6 Å². The number of amides is 1. The van der Waals surface area contributed by atoms with E-state index in [1.165, 1.54) is 25.2 Å². The third-order valence-electron chi connectivity index (χ3n) is 5.56. The zero-order valence-corrected chi connectivity index (χ0v) is 21.6. The molecule has 1 heterocycles. The van der Waals surface area contributed by atoms with E-state index >= 15 is 4.39 Å². The Kier molecular flexibility index (Phi) is 8.37. The van der Waals surface area contributed by atoms with Gasteiger partial charge in [0.05, 0.1) is 6.61 Å². The largest absolute Gasteiger partial charge is 0.444 e. The van der Waals surface area contributed by atoms with Gasteiger partial charge in [-0.2, -0.15) is 0 Å². The minimum absolute atomic E-state index is 0.0309. The second-order valence-corrected chi connectivity index (χ2v) is 11.4. The van der Waals surface area contributed by atoms with Crippen LogP contribution in [0.4, 0.5) is 9.18 Å². The summed E-state index contributed by atoms with van der Waals surface area (Å²) >= 11 is 0. The number of benzene rings is 2. The Morgan fingerprint density at radius 3 is 2.42 bits per heavy atom. The minimum atomic E-state index is -4.35. The Bertz CT molecular complexity index is 1200. The Labute approximate surface area is 211 Å². The fourth-order valence-electron chi connectivity index (χ4n) is 3.95. The fraction of sp³-hybridized carbons (Fsp3) is 0.440. The van der Waals surface area contributed by atoms with Crippen LogP contribution in [0.25, 0.3) is 0 Å². The zero-order chi connectivity index (χ0) is 26.6. The highest BCUT2D eigenvalue weighted by Gasteiger charge is 2.55. The average Bonchev–Trinajstić information content (AvgIpc) is 2.80. The lowest BCUT2D eigenvalue weighted by atomic mass is 9.85. The van der Waals surface area contributed by atoms with Crippen LogP contribution in [0.1, 0.15) is 44.7 Å². The van der Waals surface area contributed by atoms with Crippen molar-refractivity contribution in [3.05, 3.63) is 71.5 Å². The number of carbonyl (C=O) groups excluding carboxylic acids is 1. The molecule has 2 N–H and O–H groups in total. The number of sulfonamides is 1. The van der Waals surface area contributed by atoms with Crippen LogP contribution < -0.4 is 5.32 Å². The average molecular weight is 522 g/mol. The van der Waals surface area contributed by atoms with Gasteiger partial charge in [-0.1, -0.05) is 48.5 Å². The highest BCUT2D eigenvalue weighted by atomic mass is 32.2. The quantitative estimate of drug-likeness (QED) is 0.576. The molecule has 1 unspecified atom stereocenters. The predicted octanol–water partition coefficient (Wildman–Crippen LogP) is 3.49. The molecule has 1 amide bonds. The van der Waals surface area contributed by atoms with Gasteiger partial charge >= 0.3 is 6.09 Å². The van der Waals surface area contributed by atoms with E-state index < -0.39 is 38.5 Å². The van der Waals surface area contributed by atoms with Crippen molar-refractivity contribution in [1.29, 1.82) is 0 Å². The van der Waals surface area contributed by atoms with Crippen molar-refractivity contribution in [1.82, 2.24) is 9.62 Å². The topological polar surface area (TPSA) is 118 Å². The highest BCUT2D eigenvalue weighted by Crippen LogP contribution is 2.44. The zero-order valence-electron chi connectivity index (χ0n) is 20.8. The molecule has 2 aromatic carbocycles. The van der Waals surface area contributed by atoms with E-state index in [2.05, 4.69) is 10.3 Å². The van der Waals surface area contributed by atoms with E-state index in [1.807, 2.05) is 6.07 Å². The minimum Gasteiger partial charge on any atom is -0.444 e. The van der Waals surface area contributed by atoms with E-state index in [0.717, 1.165) is 4.31 Å². The number of guanidine groups is 1. The van der Waals surface area contributed by atoms with E-state index in [-0.39, 0.29) is 37.6 Å². The van der Waals surface area contributed by atoms with Crippen molar-refractivity contribution < 1.29 is 32.2 Å². The summed E-state index contributed by atoms with van der Waals surface area (Å²) in [7, 11) is -3.13. The van der Waals surface area contributed by atoms with Gasteiger partial charge in [0, 0.05) is 19.2 Å². The molecule has 11 heteroatoms. The molecule has 9 nitrogen and oxygen atoms in total. The van der Waals surface area contributed by atoms with E-state index in [4.69, 9.17) is 9.47 Å². The van der Waals surface area contributed by atoms with Crippen LogP contribution in [0, 0.1) is 5.82 Å². The summed E-state index contributed by atoms with van der Waals surface area (Å²) in [6.45, 7) is 4.61. The van der Waals surface area contributed by atoms with Crippen LogP contribution in [0.2, 0.25) is 0 Å². The first-order chi connectivity index (χ1) is 16.9. The number of halogens is 1. The fourth-order valence-corrected chi connectivity index (χ4v) is 5.60. The normalized spacial score (nSPS) is 21.6. The van der Waals surface area contributed by atoms with Gasteiger partial charge in [-0.15, -0.1) is 0 Å². The second kappa shape index (κ2) is 10.9. The third kappa shape index (κ3) is 6.03.